The molecule has 0 spiro atoms. The minimum atomic E-state index is -0.645. The van der Waals surface area contributed by atoms with Gasteiger partial charge >= 0.3 is 5.69 Å². The minimum Gasteiger partial charge on any atom is -0.502 e. The number of hydrogen-bond donors (Lipinski definition) is 1. The fraction of sp³-hybridized carbons (Fsp3) is 0.118. The number of nitro groups is 1. The highest BCUT2D eigenvalue weighted by Crippen LogP contribution is 2.26. The molecule has 0 fully saturated rings. The van der Waals surface area contributed by atoms with Gasteiger partial charge in [0, 0.05) is 17.4 Å². The molecule has 0 atom stereocenters. The summed E-state index contributed by atoms with van der Waals surface area (Å²) in [7, 11) is 0. The van der Waals surface area contributed by atoms with Crippen molar-refractivity contribution in [2.45, 2.75) is 17.8 Å². The first-order valence-electron chi connectivity index (χ1n) is 7.63. The maximum atomic E-state index is 10.9. The summed E-state index contributed by atoms with van der Waals surface area (Å²) in [5.41, 5.74) is 2.48. The van der Waals surface area contributed by atoms with Gasteiger partial charge in [-0.05, 0) is 24.6 Å². The third-order valence-electron chi connectivity index (χ3n) is 3.52. The second-order valence-electron chi connectivity index (χ2n) is 5.48. The van der Waals surface area contributed by atoms with Crippen molar-refractivity contribution in [2.75, 3.05) is 0 Å². The van der Waals surface area contributed by atoms with E-state index in [2.05, 4.69) is 39.6 Å². The summed E-state index contributed by atoms with van der Waals surface area (Å²) in [6, 6.07) is 12.3. The smallest absolute Gasteiger partial charge is 0.311 e. The number of thioether (sulfide) groups is 1. The number of aryl methyl sites for hydroxylation is 1. The average molecular weight is 369 g/mol. The molecule has 0 amide bonds. The summed E-state index contributed by atoms with van der Waals surface area (Å²) < 4.78 is 1.50. The molecule has 0 saturated heterocycles. The number of phenolic OH excluding ortho intramolecular Hbond substituents is 1. The minimum absolute atomic E-state index is 0.369. The van der Waals surface area contributed by atoms with Gasteiger partial charge in [-0.25, -0.2) is 0 Å². The van der Waals surface area contributed by atoms with E-state index in [0.717, 1.165) is 11.3 Å². The maximum absolute atomic E-state index is 10.9. The normalized spacial score (nSPS) is 11.1. The van der Waals surface area contributed by atoms with Gasteiger partial charge in [0.05, 0.1) is 11.1 Å². The Hall–Kier alpha value is -3.20. The number of benzene rings is 2. The van der Waals surface area contributed by atoms with E-state index in [1.807, 2.05) is 6.92 Å². The Labute approximate surface area is 153 Å². The van der Waals surface area contributed by atoms with Crippen LogP contribution in [0.2, 0.25) is 0 Å². The van der Waals surface area contributed by atoms with Gasteiger partial charge in [-0.1, -0.05) is 41.6 Å². The van der Waals surface area contributed by atoms with Crippen molar-refractivity contribution in [1.29, 1.82) is 0 Å². The summed E-state index contributed by atoms with van der Waals surface area (Å²) in [4.78, 5) is 10.2. The van der Waals surface area contributed by atoms with Gasteiger partial charge in [0.15, 0.2) is 5.75 Å². The van der Waals surface area contributed by atoms with Crippen molar-refractivity contribution >= 4 is 23.7 Å². The van der Waals surface area contributed by atoms with Crippen LogP contribution in [0.4, 0.5) is 5.69 Å². The van der Waals surface area contributed by atoms with E-state index in [4.69, 9.17) is 0 Å². The van der Waals surface area contributed by atoms with Crippen LogP contribution in [0, 0.1) is 17.0 Å². The SMILES string of the molecule is Cc1ccc(CSc2nncn2/N=C/c2ccc(O)c([N+](=O)[O-])c2)cc1. The Morgan fingerprint density at radius 1 is 1.31 bits per heavy atom. The number of phenols is 1. The zero-order valence-electron chi connectivity index (χ0n) is 13.8. The summed E-state index contributed by atoms with van der Waals surface area (Å²) in [6.07, 6.45) is 2.91. The molecule has 0 bridgehead atoms. The maximum Gasteiger partial charge on any atom is 0.311 e. The average Bonchev–Trinajstić information content (AvgIpc) is 3.08. The van der Waals surface area contributed by atoms with Crippen LogP contribution in [0.25, 0.3) is 0 Å². The fourth-order valence-electron chi connectivity index (χ4n) is 2.12. The molecule has 1 aromatic heterocycles. The molecule has 0 saturated carbocycles. The molecule has 0 unspecified atom stereocenters. The van der Waals surface area contributed by atoms with E-state index < -0.39 is 4.92 Å². The first-order valence-corrected chi connectivity index (χ1v) is 8.61. The lowest BCUT2D eigenvalue weighted by Gasteiger charge is -2.02. The fourth-order valence-corrected chi connectivity index (χ4v) is 2.94. The van der Waals surface area contributed by atoms with Crippen molar-refractivity contribution in [1.82, 2.24) is 14.9 Å². The van der Waals surface area contributed by atoms with Crippen LogP contribution in [-0.4, -0.2) is 31.1 Å². The predicted molar refractivity (Wildman–Crippen MR) is 98.5 cm³/mol. The first kappa shape index (κ1) is 17.6. The lowest BCUT2D eigenvalue weighted by molar-refractivity contribution is -0.385. The number of hydrogen-bond acceptors (Lipinski definition) is 7. The van der Waals surface area contributed by atoms with Crippen molar-refractivity contribution in [2.24, 2.45) is 5.10 Å². The molecule has 0 aliphatic rings. The molecule has 3 aromatic rings. The second-order valence-corrected chi connectivity index (χ2v) is 6.42. The number of rotatable bonds is 6. The van der Waals surface area contributed by atoms with Gasteiger partial charge in [-0.3, -0.25) is 10.1 Å². The van der Waals surface area contributed by atoms with E-state index in [1.54, 1.807) is 0 Å². The van der Waals surface area contributed by atoms with Gasteiger partial charge < -0.3 is 5.11 Å². The molecular formula is C17H15N5O3S. The summed E-state index contributed by atoms with van der Waals surface area (Å²) in [5, 5.41) is 33.1. The summed E-state index contributed by atoms with van der Waals surface area (Å²) in [6.45, 7) is 2.04. The molecule has 8 nitrogen and oxygen atoms in total. The lowest BCUT2D eigenvalue weighted by Crippen LogP contribution is -1.94. The number of nitrogens with zero attached hydrogens (tertiary/aromatic N) is 5. The molecule has 2 aromatic carbocycles. The second kappa shape index (κ2) is 7.79. The molecule has 26 heavy (non-hydrogen) atoms. The Balaban J connectivity index is 1.72. The van der Waals surface area contributed by atoms with Gasteiger partial charge in [0.25, 0.3) is 0 Å². The Kier molecular flexibility index (Phi) is 5.28. The molecule has 9 heteroatoms. The highest BCUT2D eigenvalue weighted by molar-refractivity contribution is 7.98. The number of aromatic nitrogens is 3. The quantitative estimate of drug-likeness (QED) is 0.309. The molecule has 1 heterocycles. The molecule has 3 rings (SSSR count). The van der Waals surface area contributed by atoms with Crippen molar-refractivity contribution in [3.8, 4) is 5.75 Å². The Bertz CT molecular complexity index is 953. The molecular weight excluding hydrogens is 354 g/mol. The summed E-state index contributed by atoms with van der Waals surface area (Å²) in [5.74, 6) is 0.338. The zero-order chi connectivity index (χ0) is 18.5. The molecule has 0 aliphatic carbocycles. The van der Waals surface area contributed by atoms with Crippen LogP contribution >= 0.6 is 11.8 Å². The molecule has 1 N–H and O–H groups in total. The van der Waals surface area contributed by atoms with E-state index in [9.17, 15) is 15.2 Å². The van der Waals surface area contributed by atoms with Crippen LogP contribution < -0.4 is 0 Å². The van der Waals surface area contributed by atoms with E-state index in [-0.39, 0.29) is 11.4 Å². The first-order chi connectivity index (χ1) is 12.5. The van der Waals surface area contributed by atoms with Crippen LogP contribution in [0.3, 0.4) is 0 Å². The van der Waals surface area contributed by atoms with E-state index in [1.165, 1.54) is 52.7 Å². The molecule has 132 valence electrons. The van der Waals surface area contributed by atoms with Crippen LogP contribution in [0.5, 0.6) is 5.75 Å². The van der Waals surface area contributed by atoms with Crippen molar-refractivity contribution in [3.63, 3.8) is 0 Å². The van der Waals surface area contributed by atoms with E-state index in [0.29, 0.717) is 10.7 Å². The highest BCUT2D eigenvalue weighted by Gasteiger charge is 2.13. The number of aromatic hydroxyl groups is 1. The van der Waals surface area contributed by atoms with Gasteiger partial charge in [0.1, 0.15) is 6.33 Å². The third kappa shape index (κ3) is 4.25. The van der Waals surface area contributed by atoms with Gasteiger partial charge in [-0.2, -0.15) is 9.78 Å². The molecule has 0 aliphatic heterocycles. The van der Waals surface area contributed by atoms with E-state index >= 15 is 0 Å². The zero-order valence-corrected chi connectivity index (χ0v) is 14.6. The number of nitro benzene ring substituents is 1. The Morgan fingerprint density at radius 3 is 2.81 bits per heavy atom. The van der Waals surface area contributed by atoms with Gasteiger partial charge in [0.2, 0.25) is 5.16 Å². The van der Waals surface area contributed by atoms with Crippen LogP contribution in [0.1, 0.15) is 16.7 Å². The topological polar surface area (TPSA) is 106 Å². The molecule has 0 radical (unpaired) electrons. The largest absolute Gasteiger partial charge is 0.502 e. The van der Waals surface area contributed by atoms with Crippen LogP contribution in [0.15, 0.2) is 59.0 Å². The monoisotopic (exact) mass is 369 g/mol. The van der Waals surface area contributed by atoms with Gasteiger partial charge in [-0.15, -0.1) is 10.2 Å². The van der Waals surface area contributed by atoms with Crippen molar-refractivity contribution in [3.05, 3.63) is 75.6 Å². The summed E-state index contributed by atoms with van der Waals surface area (Å²) >= 11 is 1.49. The predicted octanol–water partition coefficient (Wildman–Crippen LogP) is 3.37. The van der Waals surface area contributed by atoms with Crippen molar-refractivity contribution < 1.29 is 10.0 Å². The van der Waals surface area contributed by atoms with Crippen LogP contribution in [-0.2, 0) is 5.75 Å². The third-order valence-corrected chi connectivity index (χ3v) is 4.52. The standard InChI is InChI=1S/C17H15N5O3S/c1-12-2-4-13(5-3-12)10-26-17-20-18-11-21(17)19-9-14-6-7-16(23)15(8-14)22(24)25/h2-9,11,23H,10H2,1H3/b19-9+. The highest BCUT2D eigenvalue weighted by atomic mass is 32.2. The lowest BCUT2D eigenvalue weighted by atomic mass is 10.2. The Morgan fingerprint density at radius 2 is 2.08 bits per heavy atom.